The number of aromatic nitrogens is 2. The van der Waals surface area contributed by atoms with Crippen LogP contribution in [0.2, 0.25) is 0 Å². The van der Waals surface area contributed by atoms with Gasteiger partial charge in [0.05, 0.1) is 56.0 Å². The summed E-state index contributed by atoms with van der Waals surface area (Å²) in [6, 6.07) is 23.0. The summed E-state index contributed by atoms with van der Waals surface area (Å²) in [5, 5.41) is 11.2. The number of hydrogen-bond donors (Lipinski definition) is 4. The van der Waals surface area contributed by atoms with Crippen LogP contribution in [0.15, 0.2) is 104 Å². The Morgan fingerprint density at radius 2 is 1.10 bits per heavy atom. The van der Waals surface area contributed by atoms with E-state index in [2.05, 4.69) is 14.9 Å². The highest BCUT2D eigenvalue weighted by molar-refractivity contribution is 7.89. The van der Waals surface area contributed by atoms with Crippen LogP contribution in [0.4, 0.5) is 21.5 Å². The van der Waals surface area contributed by atoms with E-state index in [1.165, 1.54) is 52.5 Å². The van der Waals surface area contributed by atoms with Crippen LogP contribution in [-0.4, -0.2) is 140 Å². The molecule has 0 unspecified atom stereocenters. The minimum atomic E-state index is -3.69. The molecule has 4 aromatic carbocycles. The minimum absolute atomic E-state index is 0.0141. The van der Waals surface area contributed by atoms with Crippen LogP contribution in [0.1, 0.15) is 38.8 Å². The molecule has 0 saturated carbocycles. The second-order valence-corrected chi connectivity index (χ2v) is 20.7. The van der Waals surface area contributed by atoms with E-state index < -0.39 is 33.2 Å². The first-order chi connectivity index (χ1) is 33.1. The largest absolute Gasteiger partial charge is 0.478 e. The van der Waals surface area contributed by atoms with Gasteiger partial charge in [-0.25, -0.2) is 30.2 Å². The fourth-order valence-corrected chi connectivity index (χ4v) is 9.49. The normalized spacial score (nSPS) is 14.2. The zero-order chi connectivity index (χ0) is 51.5. The van der Waals surface area contributed by atoms with E-state index in [4.69, 9.17) is 16.6 Å². The molecule has 8 rings (SSSR count). The van der Waals surface area contributed by atoms with E-state index in [1.54, 1.807) is 36.4 Å². The number of nitrogens with one attached hydrogen (secondary N) is 2. The van der Waals surface area contributed by atoms with Gasteiger partial charge in [-0.1, -0.05) is 6.07 Å². The summed E-state index contributed by atoms with van der Waals surface area (Å²) in [4.78, 5) is 57.3. The number of rotatable bonds is 10. The summed E-state index contributed by atoms with van der Waals surface area (Å²) >= 11 is 0. The molecular formula is C48H58FN7O11S2. The summed E-state index contributed by atoms with van der Waals surface area (Å²) in [7, 11) is -2.59. The smallest absolute Gasteiger partial charge is 0.337 e. The Morgan fingerprint density at radius 1 is 0.681 bits per heavy atom. The Balaban J connectivity index is 0.000000209. The number of morpholine rings is 2. The van der Waals surface area contributed by atoms with Gasteiger partial charge in [-0.2, -0.15) is 0 Å². The second kappa shape index (κ2) is 23.2. The van der Waals surface area contributed by atoms with Crippen molar-refractivity contribution >= 4 is 70.7 Å². The molecule has 0 atom stereocenters. The van der Waals surface area contributed by atoms with E-state index in [0.717, 1.165) is 41.6 Å². The topological polar surface area (TPSA) is 246 Å². The van der Waals surface area contributed by atoms with Crippen LogP contribution >= 0.6 is 0 Å². The SMILES string of the molecule is CN(C)S(=O)(=O)c1ccc(N2CCOCC2)c(C(=O)O)c1.Cc1cc(=O)[nH]c2ccc(CC(=O)c3cc(S(=O)(=O)N(C)C)ccc3N3CCOCC3)cc12.Cc1cc(=O)[nH]c2ccc(N)cc12.[2H]CF. The van der Waals surface area contributed by atoms with Crippen molar-refractivity contribution in [1.82, 2.24) is 18.6 Å². The van der Waals surface area contributed by atoms with E-state index >= 15 is 0 Å². The molecule has 0 spiro atoms. The third-order valence-corrected chi connectivity index (χ3v) is 14.9. The molecular weight excluding hydrogens is 934 g/mol. The van der Waals surface area contributed by atoms with E-state index in [1.807, 2.05) is 43.0 Å². The summed E-state index contributed by atoms with van der Waals surface area (Å²) in [5.41, 5.74) is 11.8. The van der Waals surface area contributed by atoms with E-state index in [9.17, 15) is 45.5 Å². The average Bonchev–Trinajstić information content (AvgIpc) is 3.32. The van der Waals surface area contributed by atoms with Gasteiger partial charge in [0, 0.05) is 112 Å². The maximum atomic E-state index is 13.5. The number of anilines is 3. The molecule has 2 aliphatic heterocycles. The van der Waals surface area contributed by atoms with Crippen LogP contribution in [0.3, 0.4) is 0 Å². The van der Waals surface area contributed by atoms with Gasteiger partial charge in [-0.05, 0) is 97.3 Å². The maximum absolute atomic E-state index is 13.5. The predicted molar refractivity (Wildman–Crippen MR) is 266 cm³/mol. The lowest BCUT2D eigenvalue weighted by Crippen LogP contribution is -2.37. The number of Topliss-reactive ketones (excluding diaryl/α,β-unsaturated/α-hetero) is 1. The first-order valence-electron chi connectivity index (χ1n) is 22.2. The number of aromatic amines is 2. The molecule has 2 aliphatic rings. The van der Waals surface area contributed by atoms with Crippen LogP contribution in [0, 0.1) is 13.8 Å². The number of carboxylic acids is 1. The van der Waals surface area contributed by atoms with E-state index in [-0.39, 0.29) is 38.7 Å². The number of alkyl halides is 1. The lowest BCUT2D eigenvalue weighted by atomic mass is 9.98. The molecule has 0 aliphatic carbocycles. The Hall–Kier alpha value is -6.49. The average molecular weight is 993 g/mol. The summed E-state index contributed by atoms with van der Waals surface area (Å²) < 4.78 is 78.0. The second-order valence-electron chi connectivity index (χ2n) is 16.4. The Morgan fingerprint density at radius 3 is 1.55 bits per heavy atom. The molecule has 0 radical (unpaired) electrons. The molecule has 18 nitrogen and oxygen atoms in total. The molecule has 0 bridgehead atoms. The molecule has 370 valence electrons. The third kappa shape index (κ3) is 13.0. The standard InChI is InChI=1S/C24H27N3O5S.C13H18N2O5S.C10H10N2O.CH3F/c1-16-12-24(29)25-21-6-4-17(13-19(16)21)14-23(28)20-15-18(33(30,31)26(2)3)5-7-22(20)27-8-10-32-11-9-27;1-14(2)21(18,19)10-3-4-12(11(9-10)13(16)17)15-5-7-20-8-6-15;1-6-4-10(13)12-9-3-2-7(11)5-8(6)9;1-2/h4-7,12-13,15H,8-11,14H2,1-3H3,(H,25,29);3-4,9H,5-8H2,1-2H3,(H,16,17);2-5H,11H2,1H3,(H,12,13);1H3/i;;;1D. The monoisotopic (exact) mass is 992 g/mol. The van der Waals surface area contributed by atoms with Crippen LogP contribution in [0.5, 0.6) is 0 Å². The van der Waals surface area contributed by atoms with Crippen molar-refractivity contribution in [1.29, 1.82) is 0 Å². The predicted octanol–water partition coefficient (Wildman–Crippen LogP) is 4.82. The first-order valence-corrected chi connectivity index (χ1v) is 24.4. The number of nitrogens with two attached hydrogens (primary N) is 1. The van der Waals surface area contributed by atoms with Crippen LogP contribution in [-0.2, 0) is 35.9 Å². The Kier molecular flexibility index (Phi) is 17.5. The van der Waals surface area contributed by atoms with Crippen LogP contribution in [0.25, 0.3) is 21.8 Å². The highest BCUT2D eigenvalue weighted by Gasteiger charge is 2.26. The number of carbonyl (C=O) groups is 2. The number of H-pyrrole nitrogens is 2. The maximum Gasteiger partial charge on any atom is 0.337 e. The van der Waals surface area contributed by atoms with Crippen molar-refractivity contribution in [2.45, 2.75) is 30.1 Å². The molecule has 4 heterocycles. The van der Waals surface area contributed by atoms with Crippen molar-refractivity contribution in [3.63, 3.8) is 0 Å². The molecule has 0 amide bonds. The number of nitrogen functional groups attached to an aromatic ring is 1. The number of benzene rings is 4. The lowest BCUT2D eigenvalue weighted by Gasteiger charge is -2.30. The third-order valence-electron chi connectivity index (χ3n) is 11.3. The zero-order valence-electron chi connectivity index (χ0n) is 40.2. The highest BCUT2D eigenvalue weighted by Crippen LogP contribution is 2.29. The number of pyridine rings is 2. The number of sulfonamides is 2. The zero-order valence-corrected chi connectivity index (χ0v) is 40.9. The molecule has 21 heteroatoms. The molecule has 2 fully saturated rings. The number of carbonyl (C=O) groups excluding carboxylic acids is 1. The number of halogens is 1. The van der Waals surface area contributed by atoms with Crippen LogP contribution < -0.4 is 26.7 Å². The van der Waals surface area contributed by atoms with E-state index in [0.29, 0.717) is 80.7 Å². The van der Waals surface area contributed by atoms with Gasteiger partial charge < -0.3 is 40.1 Å². The fraction of sp³-hybridized carbons (Fsp3) is 0.333. The van der Waals surface area contributed by atoms with Crippen molar-refractivity contribution in [2.24, 2.45) is 0 Å². The Bertz CT molecular complexity index is 3190. The van der Waals surface area contributed by atoms with Crippen molar-refractivity contribution in [2.75, 3.05) is 103 Å². The molecule has 2 aromatic heterocycles. The molecule has 6 aromatic rings. The summed E-state index contributed by atoms with van der Waals surface area (Å²) in [6.45, 7) is 8.33. The molecule has 5 N–H and O–H groups in total. The number of aryl methyl sites for hydroxylation is 2. The quantitative estimate of drug-likeness (QED) is 0.106. The summed E-state index contributed by atoms with van der Waals surface area (Å²) in [5.74, 6) is -1.32. The van der Waals surface area contributed by atoms with Crippen molar-refractivity contribution < 1.29 is 46.8 Å². The number of fused-ring (bicyclic) bond motifs is 2. The van der Waals surface area contributed by atoms with Crippen molar-refractivity contribution in [3.05, 3.63) is 133 Å². The molecule has 69 heavy (non-hydrogen) atoms. The minimum Gasteiger partial charge on any atom is -0.478 e. The fourth-order valence-electron chi connectivity index (χ4n) is 7.63. The molecule has 2 saturated heterocycles. The number of nitrogens with zero attached hydrogens (tertiary/aromatic N) is 4. The van der Waals surface area contributed by atoms with Gasteiger partial charge >= 0.3 is 5.97 Å². The van der Waals surface area contributed by atoms with Gasteiger partial charge in [0.1, 0.15) is 0 Å². The van der Waals surface area contributed by atoms with Gasteiger partial charge in [0.25, 0.3) is 0 Å². The number of ketones is 1. The number of ether oxygens (including phenoxy) is 2. The van der Waals surface area contributed by atoms with Gasteiger partial charge in [-0.15, -0.1) is 0 Å². The Labute approximate surface area is 401 Å². The number of aromatic carboxylic acids is 1. The van der Waals surface area contributed by atoms with Gasteiger partial charge in [0.15, 0.2) is 5.78 Å². The number of hydrogen-bond acceptors (Lipinski definition) is 13. The first kappa shape index (κ1) is 51.9. The lowest BCUT2D eigenvalue weighted by molar-refractivity contribution is 0.0695. The van der Waals surface area contributed by atoms with Gasteiger partial charge in [-0.3, -0.25) is 18.8 Å². The van der Waals surface area contributed by atoms with Crippen molar-refractivity contribution in [3.8, 4) is 0 Å². The number of carboxylic acid groups (broad SMARTS) is 1. The van der Waals surface area contributed by atoms with Gasteiger partial charge in [0.2, 0.25) is 31.2 Å². The highest BCUT2D eigenvalue weighted by atomic mass is 32.2. The summed E-state index contributed by atoms with van der Waals surface area (Å²) in [6.07, 6.45) is 0.108.